The molecule has 33 heavy (non-hydrogen) atoms. The van der Waals surface area contributed by atoms with Gasteiger partial charge in [0.05, 0.1) is 18.3 Å². The van der Waals surface area contributed by atoms with Crippen LogP contribution in [0.25, 0.3) is 10.9 Å². The predicted octanol–water partition coefficient (Wildman–Crippen LogP) is 4.52. The maximum Gasteiger partial charge on any atom is 0.414 e. The Kier molecular flexibility index (Phi) is 4.91. The van der Waals surface area contributed by atoms with Crippen LogP contribution in [-0.2, 0) is 11.3 Å². The standard InChI is InChI=1S/C26H26N4O3/c1-32-22-5-7-24-19(16-22)17-33-26(31)30(24)20-8-12-28(13-9-20)25-10-14-29(25)21-4-6-23-18(15-21)3-2-11-27-23/h2-7,10-11,14-16,20,25H,8-9,12-13,17H2,1H3. The number of pyridine rings is 1. The third kappa shape index (κ3) is 3.49. The van der Waals surface area contributed by atoms with Gasteiger partial charge in [0, 0.05) is 48.2 Å². The molecule has 0 spiro atoms. The Balaban J connectivity index is 1.15. The van der Waals surface area contributed by atoms with E-state index < -0.39 is 0 Å². The van der Waals surface area contributed by atoms with Gasteiger partial charge in [-0.15, -0.1) is 0 Å². The number of hydrogen-bond acceptors (Lipinski definition) is 6. The second-order valence-electron chi connectivity index (χ2n) is 8.73. The summed E-state index contributed by atoms with van der Waals surface area (Å²) in [7, 11) is 1.65. The summed E-state index contributed by atoms with van der Waals surface area (Å²) >= 11 is 0. The smallest absolute Gasteiger partial charge is 0.414 e. The molecular weight excluding hydrogens is 416 g/mol. The summed E-state index contributed by atoms with van der Waals surface area (Å²) in [4.78, 5) is 23.7. The number of nitrogens with zero attached hydrogens (tertiary/aromatic N) is 4. The zero-order valence-electron chi connectivity index (χ0n) is 18.6. The van der Waals surface area contributed by atoms with Crippen molar-refractivity contribution in [3.63, 3.8) is 0 Å². The summed E-state index contributed by atoms with van der Waals surface area (Å²) in [5.41, 5.74) is 4.12. The molecule has 0 saturated carbocycles. The van der Waals surface area contributed by atoms with E-state index in [0.717, 1.165) is 53.8 Å². The lowest BCUT2D eigenvalue weighted by molar-refractivity contribution is 0.127. The fraction of sp³-hybridized carbons (Fsp3) is 0.308. The zero-order chi connectivity index (χ0) is 22.4. The molecule has 1 unspecified atom stereocenters. The number of ether oxygens (including phenoxy) is 2. The lowest BCUT2D eigenvalue weighted by atomic mass is 9.99. The van der Waals surface area contributed by atoms with Gasteiger partial charge in [-0.05, 0) is 61.4 Å². The molecule has 3 aromatic rings. The van der Waals surface area contributed by atoms with Gasteiger partial charge < -0.3 is 14.4 Å². The Bertz CT molecular complexity index is 1240. The lowest BCUT2D eigenvalue weighted by Crippen LogP contribution is -2.56. The molecule has 6 rings (SSSR count). The number of amides is 1. The molecule has 4 heterocycles. The number of carbonyl (C=O) groups is 1. The minimum Gasteiger partial charge on any atom is -0.497 e. The highest BCUT2D eigenvalue weighted by atomic mass is 16.6. The Morgan fingerprint density at radius 1 is 1.09 bits per heavy atom. The first-order chi connectivity index (χ1) is 16.2. The van der Waals surface area contributed by atoms with Crippen molar-refractivity contribution < 1.29 is 14.3 Å². The number of cyclic esters (lactones) is 1. The number of carbonyl (C=O) groups excluding carboxylic acids is 1. The number of likely N-dealkylation sites (tertiary alicyclic amines) is 1. The highest BCUT2D eigenvalue weighted by Crippen LogP contribution is 2.36. The van der Waals surface area contributed by atoms with Crippen LogP contribution >= 0.6 is 0 Å². The van der Waals surface area contributed by atoms with Crippen molar-refractivity contribution in [2.24, 2.45) is 0 Å². The number of piperidine rings is 1. The number of fused-ring (bicyclic) bond motifs is 2. The van der Waals surface area contributed by atoms with E-state index >= 15 is 0 Å². The van der Waals surface area contributed by atoms with Gasteiger partial charge in [0.2, 0.25) is 0 Å². The van der Waals surface area contributed by atoms with Gasteiger partial charge in [-0.1, -0.05) is 6.07 Å². The van der Waals surface area contributed by atoms with Gasteiger partial charge in [0.1, 0.15) is 18.5 Å². The van der Waals surface area contributed by atoms with E-state index in [1.807, 2.05) is 35.4 Å². The van der Waals surface area contributed by atoms with Crippen molar-refractivity contribution in [3.05, 3.63) is 72.6 Å². The van der Waals surface area contributed by atoms with Gasteiger partial charge in [0.15, 0.2) is 0 Å². The van der Waals surface area contributed by atoms with Crippen LogP contribution < -0.4 is 14.5 Å². The number of benzene rings is 2. The first kappa shape index (κ1) is 20.1. The van der Waals surface area contributed by atoms with Crippen LogP contribution in [-0.4, -0.2) is 48.4 Å². The van der Waals surface area contributed by atoms with E-state index in [0.29, 0.717) is 6.61 Å². The van der Waals surface area contributed by atoms with Gasteiger partial charge in [0.25, 0.3) is 0 Å². The van der Waals surface area contributed by atoms with Crippen LogP contribution in [0.5, 0.6) is 5.75 Å². The van der Waals surface area contributed by atoms with Crippen LogP contribution in [0.1, 0.15) is 18.4 Å². The maximum absolute atomic E-state index is 12.7. The van der Waals surface area contributed by atoms with Crippen molar-refractivity contribution in [1.29, 1.82) is 0 Å². The molecule has 0 bridgehead atoms. The summed E-state index contributed by atoms with van der Waals surface area (Å²) in [6.07, 6.45) is 8.00. The first-order valence-electron chi connectivity index (χ1n) is 11.4. The van der Waals surface area contributed by atoms with Crippen molar-refractivity contribution >= 4 is 28.4 Å². The number of aromatic nitrogens is 1. The largest absolute Gasteiger partial charge is 0.497 e. The number of rotatable bonds is 4. The normalized spacial score (nSPS) is 21.0. The fourth-order valence-corrected chi connectivity index (χ4v) is 5.11. The van der Waals surface area contributed by atoms with Gasteiger partial charge in [-0.3, -0.25) is 14.8 Å². The van der Waals surface area contributed by atoms with E-state index in [-0.39, 0.29) is 18.3 Å². The summed E-state index contributed by atoms with van der Waals surface area (Å²) < 4.78 is 10.8. The van der Waals surface area contributed by atoms with Crippen LogP contribution in [0, 0.1) is 0 Å². The second-order valence-corrected chi connectivity index (χ2v) is 8.73. The molecule has 3 aliphatic heterocycles. The number of hydrogen-bond donors (Lipinski definition) is 0. The Morgan fingerprint density at radius 2 is 1.97 bits per heavy atom. The van der Waals surface area contributed by atoms with E-state index in [9.17, 15) is 4.79 Å². The number of methoxy groups -OCH3 is 1. The second kappa shape index (κ2) is 8.08. The maximum atomic E-state index is 12.7. The average molecular weight is 443 g/mol. The molecule has 2 aromatic carbocycles. The molecule has 7 nitrogen and oxygen atoms in total. The van der Waals surface area contributed by atoms with Gasteiger partial charge in [-0.25, -0.2) is 4.79 Å². The highest BCUT2D eigenvalue weighted by Gasteiger charge is 2.37. The van der Waals surface area contributed by atoms with E-state index in [1.54, 1.807) is 7.11 Å². The molecule has 3 aliphatic rings. The molecule has 1 atom stereocenters. The van der Waals surface area contributed by atoms with Crippen molar-refractivity contribution in [3.8, 4) is 5.75 Å². The van der Waals surface area contributed by atoms with Crippen molar-refractivity contribution in [2.45, 2.75) is 31.7 Å². The third-order valence-corrected chi connectivity index (χ3v) is 6.92. The molecule has 0 aliphatic carbocycles. The average Bonchev–Trinajstić information content (AvgIpc) is 2.83. The first-order valence-corrected chi connectivity index (χ1v) is 11.4. The van der Waals surface area contributed by atoms with Crippen LogP contribution in [0.2, 0.25) is 0 Å². The highest BCUT2D eigenvalue weighted by molar-refractivity contribution is 5.91. The van der Waals surface area contributed by atoms with Crippen molar-refractivity contribution in [2.75, 3.05) is 30.0 Å². The minimum atomic E-state index is -0.249. The van der Waals surface area contributed by atoms with Crippen LogP contribution in [0.15, 0.2) is 67.0 Å². The predicted molar refractivity (Wildman–Crippen MR) is 127 cm³/mol. The third-order valence-electron chi connectivity index (χ3n) is 6.92. The van der Waals surface area contributed by atoms with E-state index in [1.165, 1.54) is 5.69 Å². The van der Waals surface area contributed by atoms with E-state index in [4.69, 9.17) is 9.47 Å². The molecule has 0 N–H and O–H groups in total. The summed E-state index contributed by atoms with van der Waals surface area (Å²) in [5, 5.41) is 1.15. The van der Waals surface area contributed by atoms with Gasteiger partial charge >= 0.3 is 6.09 Å². The molecule has 7 heteroatoms. The molecule has 168 valence electrons. The summed E-state index contributed by atoms with van der Waals surface area (Å²) in [6, 6.07) is 16.5. The summed E-state index contributed by atoms with van der Waals surface area (Å²) in [5.74, 6) is 0.780. The molecule has 1 saturated heterocycles. The fourth-order valence-electron chi connectivity index (χ4n) is 5.11. The molecule has 1 aromatic heterocycles. The molecular formula is C26H26N4O3. The lowest BCUT2D eigenvalue weighted by Gasteiger charge is -2.47. The quantitative estimate of drug-likeness (QED) is 0.592. The zero-order valence-corrected chi connectivity index (χ0v) is 18.6. The van der Waals surface area contributed by atoms with Crippen LogP contribution in [0.4, 0.5) is 16.2 Å². The summed E-state index contributed by atoms with van der Waals surface area (Å²) in [6.45, 7) is 2.13. The molecule has 1 amide bonds. The monoisotopic (exact) mass is 442 g/mol. The topological polar surface area (TPSA) is 58.1 Å². The molecule has 0 radical (unpaired) electrons. The Labute approximate surface area is 192 Å². The Hall–Kier alpha value is -3.58. The van der Waals surface area contributed by atoms with Crippen molar-refractivity contribution in [1.82, 2.24) is 9.88 Å². The van der Waals surface area contributed by atoms with Gasteiger partial charge in [-0.2, -0.15) is 0 Å². The SMILES string of the molecule is COc1ccc2c(c1)COC(=O)N2C1CCN(C2C=CN2c2ccc3ncccc3c2)CC1. The van der Waals surface area contributed by atoms with E-state index in [2.05, 4.69) is 51.3 Å². The van der Waals surface area contributed by atoms with Crippen LogP contribution in [0.3, 0.4) is 0 Å². The molecule has 1 fully saturated rings. The minimum absolute atomic E-state index is 0.130. The number of anilines is 2. The Morgan fingerprint density at radius 3 is 2.76 bits per heavy atom.